The lowest BCUT2D eigenvalue weighted by molar-refractivity contribution is 0.242. The molecule has 0 spiro atoms. The summed E-state index contributed by atoms with van der Waals surface area (Å²) in [5.74, 6) is 2.75. The fourth-order valence-corrected chi connectivity index (χ4v) is 3.73. The minimum atomic E-state index is 0.177. The number of nitrogens with one attached hydrogen (secondary N) is 1. The molecule has 1 atom stereocenters. The smallest absolute Gasteiger partial charge is 0.161 e. The second-order valence-corrected chi connectivity index (χ2v) is 7.85. The van der Waals surface area contributed by atoms with Gasteiger partial charge in [0.05, 0.1) is 20.3 Å². The molecule has 3 aromatic rings. The third-order valence-electron chi connectivity index (χ3n) is 5.24. The second kappa shape index (κ2) is 11.4. The highest BCUT2D eigenvalue weighted by Crippen LogP contribution is 2.30. The molecule has 164 valence electrons. The van der Waals surface area contributed by atoms with E-state index in [1.807, 2.05) is 26.0 Å². The molecule has 4 heteroatoms. The van der Waals surface area contributed by atoms with Gasteiger partial charge in [0, 0.05) is 12.5 Å². The van der Waals surface area contributed by atoms with Crippen molar-refractivity contribution in [3.63, 3.8) is 0 Å². The lowest BCUT2D eigenvalue weighted by Gasteiger charge is -2.19. The lowest BCUT2D eigenvalue weighted by Crippen LogP contribution is -2.18. The number of ether oxygens (including phenoxy) is 3. The summed E-state index contributed by atoms with van der Waals surface area (Å²) in [6, 6.07) is 25.2. The highest BCUT2D eigenvalue weighted by atomic mass is 16.5. The zero-order valence-corrected chi connectivity index (χ0v) is 18.9. The van der Waals surface area contributed by atoms with E-state index in [1.54, 1.807) is 14.2 Å². The summed E-state index contributed by atoms with van der Waals surface area (Å²) in [5.41, 5.74) is 3.80. The first-order chi connectivity index (χ1) is 15.1. The largest absolute Gasteiger partial charge is 0.493 e. The summed E-state index contributed by atoms with van der Waals surface area (Å²) in [6.07, 6.45) is 1.18. The van der Waals surface area contributed by atoms with Gasteiger partial charge < -0.3 is 19.5 Å². The molecule has 0 amide bonds. The molecule has 0 aliphatic heterocycles. The fraction of sp³-hybridized carbons (Fsp3) is 0.333. The molecule has 1 N–H and O–H groups in total. The maximum atomic E-state index is 5.81. The molecular weight excluding hydrogens is 386 g/mol. The predicted molar refractivity (Wildman–Crippen MR) is 126 cm³/mol. The Kier molecular flexibility index (Phi) is 8.36. The van der Waals surface area contributed by atoms with E-state index in [0.29, 0.717) is 5.92 Å². The van der Waals surface area contributed by atoms with Gasteiger partial charge in [0.1, 0.15) is 5.75 Å². The average molecular weight is 420 g/mol. The maximum Gasteiger partial charge on any atom is 0.161 e. The minimum Gasteiger partial charge on any atom is -0.493 e. The second-order valence-electron chi connectivity index (χ2n) is 7.85. The van der Waals surface area contributed by atoms with Gasteiger partial charge in [-0.15, -0.1) is 0 Å². The van der Waals surface area contributed by atoms with Gasteiger partial charge in [0.25, 0.3) is 0 Å². The highest BCUT2D eigenvalue weighted by Gasteiger charge is 2.14. The van der Waals surface area contributed by atoms with Crippen LogP contribution in [-0.4, -0.2) is 26.9 Å². The van der Waals surface area contributed by atoms with E-state index in [0.717, 1.165) is 36.8 Å². The van der Waals surface area contributed by atoms with Crippen LogP contribution < -0.4 is 19.5 Å². The predicted octanol–water partition coefficient (Wildman–Crippen LogP) is 5.80. The summed E-state index contributed by atoms with van der Waals surface area (Å²) < 4.78 is 16.5. The Morgan fingerprint density at radius 2 is 1.45 bits per heavy atom. The van der Waals surface area contributed by atoms with E-state index in [4.69, 9.17) is 14.2 Å². The number of hydrogen-bond donors (Lipinski definition) is 1. The highest BCUT2D eigenvalue weighted by molar-refractivity contribution is 5.43. The van der Waals surface area contributed by atoms with E-state index < -0.39 is 0 Å². The Morgan fingerprint density at radius 1 is 0.774 bits per heavy atom. The van der Waals surface area contributed by atoms with Crippen LogP contribution in [0.1, 0.15) is 42.9 Å². The average Bonchev–Trinajstić information content (AvgIpc) is 2.80. The molecule has 0 aliphatic rings. The van der Waals surface area contributed by atoms with Crippen molar-refractivity contribution in [3.8, 4) is 17.2 Å². The molecular formula is C27H33NO3. The molecule has 3 aromatic carbocycles. The number of benzene rings is 3. The van der Waals surface area contributed by atoms with Crippen molar-refractivity contribution in [2.24, 2.45) is 0 Å². The third kappa shape index (κ3) is 6.50. The van der Waals surface area contributed by atoms with Crippen LogP contribution >= 0.6 is 0 Å². The molecule has 0 radical (unpaired) electrons. The standard InChI is InChI=1S/C27H33NO3/c1-20(2)31-24-13-11-23(12-14-24)25(22-8-6-5-7-9-22)16-17-28-19-21-10-15-26(29-3)27(18-21)30-4/h5-15,18,20,25,28H,16-17,19H2,1-4H3. The Hall–Kier alpha value is -2.98. The quantitative estimate of drug-likeness (QED) is 0.399. The normalized spacial score (nSPS) is 11.9. The molecule has 0 bridgehead atoms. The Bertz CT molecular complexity index is 923. The van der Waals surface area contributed by atoms with Gasteiger partial charge in [0.15, 0.2) is 11.5 Å². The van der Waals surface area contributed by atoms with Crippen LogP contribution in [0.3, 0.4) is 0 Å². The van der Waals surface area contributed by atoms with Gasteiger partial charge >= 0.3 is 0 Å². The van der Waals surface area contributed by atoms with Gasteiger partial charge in [0.2, 0.25) is 0 Å². The molecule has 1 unspecified atom stereocenters. The van der Waals surface area contributed by atoms with Crippen molar-refractivity contribution in [2.75, 3.05) is 20.8 Å². The SMILES string of the molecule is COc1ccc(CNCCC(c2ccccc2)c2ccc(OC(C)C)cc2)cc1OC. The Balaban J connectivity index is 1.65. The van der Waals surface area contributed by atoms with Gasteiger partial charge in [-0.1, -0.05) is 48.5 Å². The van der Waals surface area contributed by atoms with Crippen molar-refractivity contribution < 1.29 is 14.2 Å². The van der Waals surface area contributed by atoms with Crippen molar-refractivity contribution in [2.45, 2.75) is 38.8 Å². The van der Waals surface area contributed by atoms with Crippen LogP contribution in [0.5, 0.6) is 17.2 Å². The molecule has 0 aliphatic carbocycles. The first-order valence-electron chi connectivity index (χ1n) is 10.8. The molecule has 3 rings (SSSR count). The molecule has 31 heavy (non-hydrogen) atoms. The molecule has 4 nitrogen and oxygen atoms in total. The summed E-state index contributed by atoms with van der Waals surface area (Å²) in [7, 11) is 3.32. The van der Waals surface area contributed by atoms with Gasteiger partial charge in [-0.3, -0.25) is 0 Å². The van der Waals surface area contributed by atoms with Gasteiger partial charge in [-0.2, -0.15) is 0 Å². The summed E-state index contributed by atoms with van der Waals surface area (Å²) >= 11 is 0. The number of hydrogen-bond acceptors (Lipinski definition) is 4. The van der Waals surface area contributed by atoms with E-state index in [2.05, 4.69) is 66.0 Å². The van der Waals surface area contributed by atoms with Crippen LogP contribution in [-0.2, 0) is 6.54 Å². The Morgan fingerprint density at radius 3 is 2.10 bits per heavy atom. The van der Waals surface area contributed by atoms with Crippen LogP contribution in [0.2, 0.25) is 0 Å². The van der Waals surface area contributed by atoms with Crippen molar-refractivity contribution in [1.29, 1.82) is 0 Å². The molecule has 0 fully saturated rings. The van der Waals surface area contributed by atoms with Crippen molar-refractivity contribution in [3.05, 3.63) is 89.5 Å². The topological polar surface area (TPSA) is 39.7 Å². The fourth-order valence-electron chi connectivity index (χ4n) is 3.73. The zero-order chi connectivity index (χ0) is 22.1. The monoisotopic (exact) mass is 419 g/mol. The third-order valence-corrected chi connectivity index (χ3v) is 5.24. The van der Waals surface area contributed by atoms with Crippen LogP contribution in [0, 0.1) is 0 Å². The maximum absolute atomic E-state index is 5.81. The Labute approximate surface area is 186 Å². The van der Waals surface area contributed by atoms with Crippen molar-refractivity contribution >= 4 is 0 Å². The summed E-state index contributed by atoms with van der Waals surface area (Å²) in [5, 5.41) is 3.58. The van der Waals surface area contributed by atoms with E-state index >= 15 is 0 Å². The number of rotatable bonds is 11. The molecule has 0 saturated heterocycles. The first kappa shape index (κ1) is 22.7. The van der Waals surface area contributed by atoms with E-state index in [-0.39, 0.29) is 6.10 Å². The van der Waals surface area contributed by atoms with Crippen LogP contribution in [0.4, 0.5) is 0 Å². The summed E-state index contributed by atoms with van der Waals surface area (Å²) in [6.45, 7) is 5.77. The zero-order valence-electron chi connectivity index (χ0n) is 18.9. The summed E-state index contributed by atoms with van der Waals surface area (Å²) in [4.78, 5) is 0. The van der Waals surface area contributed by atoms with Crippen molar-refractivity contribution in [1.82, 2.24) is 5.32 Å². The molecule has 0 aromatic heterocycles. The lowest BCUT2D eigenvalue weighted by atomic mass is 9.88. The van der Waals surface area contributed by atoms with Crippen LogP contribution in [0.15, 0.2) is 72.8 Å². The van der Waals surface area contributed by atoms with E-state index in [1.165, 1.54) is 16.7 Å². The van der Waals surface area contributed by atoms with Gasteiger partial charge in [-0.05, 0) is 67.8 Å². The van der Waals surface area contributed by atoms with E-state index in [9.17, 15) is 0 Å². The first-order valence-corrected chi connectivity index (χ1v) is 10.8. The van der Waals surface area contributed by atoms with Gasteiger partial charge in [-0.25, -0.2) is 0 Å². The molecule has 0 heterocycles. The minimum absolute atomic E-state index is 0.177. The van der Waals surface area contributed by atoms with Crippen LogP contribution in [0.25, 0.3) is 0 Å². The number of methoxy groups -OCH3 is 2. The molecule has 0 saturated carbocycles.